The molecule has 2 aromatic heterocycles. The molecule has 0 aliphatic rings. The summed E-state index contributed by atoms with van der Waals surface area (Å²) in [5, 5.41) is 0.890. The van der Waals surface area contributed by atoms with Gasteiger partial charge in [0.2, 0.25) is 11.2 Å². The molecule has 0 saturated heterocycles. The maximum Gasteiger partial charge on any atom is 0.235 e. The van der Waals surface area contributed by atoms with Gasteiger partial charge in [0, 0.05) is 10.6 Å². The lowest BCUT2D eigenvalue weighted by Crippen LogP contribution is -2.17. The Hall–Kier alpha value is -3.11. The summed E-state index contributed by atoms with van der Waals surface area (Å²) in [7, 11) is 0. The van der Waals surface area contributed by atoms with Crippen molar-refractivity contribution in [1.82, 2.24) is 0 Å². The first-order chi connectivity index (χ1) is 12.1. The third kappa shape index (κ3) is 2.66. The summed E-state index contributed by atoms with van der Waals surface area (Å²) in [5.74, 6) is -0.242. The van der Waals surface area contributed by atoms with Gasteiger partial charge in [-0.1, -0.05) is 23.7 Å². The number of fused-ring (bicyclic) bond motifs is 1. The van der Waals surface area contributed by atoms with Crippen molar-refractivity contribution in [1.29, 1.82) is 0 Å². The molecule has 0 atom stereocenters. The van der Waals surface area contributed by atoms with Crippen LogP contribution < -0.4 is 5.43 Å². The molecule has 4 rings (SSSR count). The second kappa shape index (κ2) is 6.07. The molecule has 0 unspecified atom stereocenters. The molecule has 0 fully saturated rings. The van der Waals surface area contributed by atoms with Crippen molar-refractivity contribution in [3.8, 4) is 11.3 Å². The topological polar surface area (TPSA) is 60.4 Å². The van der Waals surface area contributed by atoms with Crippen LogP contribution in [0.2, 0.25) is 5.02 Å². The van der Waals surface area contributed by atoms with E-state index < -0.39 is 11.2 Å². The molecule has 0 saturated carbocycles. The number of hydrogen-bond acceptors (Lipinski definition) is 4. The molecule has 5 heteroatoms. The molecule has 4 nitrogen and oxygen atoms in total. The van der Waals surface area contributed by atoms with Crippen LogP contribution in [0.4, 0.5) is 0 Å². The van der Waals surface area contributed by atoms with Gasteiger partial charge in [-0.2, -0.15) is 0 Å². The van der Waals surface area contributed by atoms with Gasteiger partial charge in [0.1, 0.15) is 16.9 Å². The first kappa shape index (κ1) is 15.4. The summed E-state index contributed by atoms with van der Waals surface area (Å²) in [5.41, 5.74) is 0.541. The van der Waals surface area contributed by atoms with Gasteiger partial charge >= 0.3 is 0 Å². The molecule has 122 valence electrons. The average molecular weight is 351 g/mol. The Balaban J connectivity index is 2.06. The smallest absolute Gasteiger partial charge is 0.235 e. The van der Waals surface area contributed by atoms with Crippen molar-refractivity contribution < 1.29 is 13.6 Å². The van der Waals surface area contributed by atoms with E-state index in [1.165, 1.54) is 12.3 Å². The van der Waals surface area contributed by atoms with Crippen LogP contribution in [0, 0.1) is 0 Å². The number of carbonyl (C=O) groups is 1. The summed E-state index contributed by atoms with van der Waals surface area (Å²) in [6, 6.07) is 16.7. The first-order valence-electron chi connectivity index (χ1n) is 7.55. The zero-order valence-corrected chi connectivity index (χ0v) is 13.6. The number of hydrogen-bond donors (Lipinski definition) is 0. The Kier molecular flexibility index (Phi) is 3.75. The first-order valence-corrected chi connectivity index (χ1v) is 7.93. The third-order valence-electron chi connectivity index (χ3n) is 3.88. The van der Waals surface area contributed by atoms with Crippen LogP contribution in [0.15, 0.2) is 80.6 Å². The van der Waals surface area contributed by atoms with E-state index in [-0.39, 0.29) is 17.1 Å². The fourth-order valence-electron chi connectivity index (χ4n) is 2.68. The number of benzene rings is 2. The van der Waals surface area contributed by atoms with Gasteiger partial charge < -0.3 is 8.83 Å². The van der Waals surface area contributed by atoms with Gasteiger partial charge in [0.25, 0.3) is 0 Å². The molecule has 25 heavy (non-hydrogen) atoms. The Morgan fingerprint density at radius 1 is 0.920 bits per heavy atom. The summed E-state index contributed by atoms with van der Waals surface area (Å²) < 4.78 is 11.1. The van der Waals surface area contributed by atoms with Crippen LogP contribution in [-0.4, -0.2) is 5.78 Å². The zero-order valence-electron chi connectivity index (χ0n) is 12.9. The standard InChI is InChI=1S/C20H11ClO4/c21-13-9-7-12(8-10-13)20-17(19(23)16-6-3-11-24-16)18(22)14-4-1-2-5-15(14)25-20/h1-11H. The van der Waals surface area contributed by atoms with Gasteiger partial charge in [-0.25, -0.2) is 0 Å². The van der Waals surface area contributed by atoms with Crippen LogP contribution in [0.5, 0.6) is 0 Å². The van der Waals surface area contributed by atoms with Crippen LogP contribution >= 0.6 is 11.6 Å². The molecule has 4 aromatic rings. The summed E-state index contributed by atoms with van der Waals surface area (Å²) >= 11 is 5.93. The van der Waals surface area contributed by atoms with E-state index in [2.05, 4.69) is 0 Å². The number of rotatable bonds is 3. The third-order valence-corrected chi connectivity index (χ3v) is 4.13. The van der Waals surface area contributed by atoms with Crippen LogP contribution in [-0.2, 0) is 0 Å². The Labute approximate surface area is 147 Å². The van der Waals surface area contributed by atoms with Gasteiger partial charge in [-0.15, -0.1) is 0 Å². The van der Waals surface area contributed by atoms with Crippen LogP contribution in [0.3, 0.4) is 0 Å². The zero-order chi connectivity index (χ0) is 17.4. The summed E-state index contributed by atoms with van der Waals surface area (Å²) in [4.78, 5) is 25.8. The van der Waals surface area contributed by atoms with Crippen molar-refractivity contribution in [2.24, 2.45) is 0 Å². The maximum absolute atomic E-state index is 13.0. The SMILES string of the molecule is O=C(c1ccco1)c1c(-c2ccc(Cl)cc2)oc2ccccc2c1=O. The molecule has 2 heterocycles. The van der Waals surface area contributed by atoms with Gasteiger partial charge in [-0.3, -0.25) is 9.59 Å². The Bertz CT molecular complexity index is 1120. The molecular weight excluding hydrogens is 340 g/mol. The van der Waals surface area contributed by atoms with E-state index in [1.54, 1.807) is 54.6 Å². The number of halogens is 1. The highest BCUT2D eigenvalue weighted by Crippen LogP contribution is 2.28. The molecule has 0 amide bonds. The summed E-state index contributed by atoms with van der Waals surface area (Å²) in [6.45, 7) is 0. The number of ketones is 1. The van der Waals surface area contributed by atoms with Crippen molar-refractivity contribution in [3.05, 3.63) is 93.5 Å². The van der Waals surface area contributed by atoms with E-state index in [0.29, 0.717) is 21.6 Å². The van der Waals surface area contributed by atoms with Gasteiger partial charge in [0.05, 0.1) is 11.6 Å². The van der Waals surface area contributed by atoms with Crippen molar-refractivity contribution in [2.75, 3.05) is 0 Å². The number of para-hydroxylation sites is 1. The van der Waals surface area contributed by atoms with E-state index in [4.69, 9.17) is 20.4 Å². The second-order valence-electron chi connectivity index (χ2n) is 5.44. The average Bonchev–Trinajstić information content (AvgIpc) is 3.16. The quantitative estimate of drug-likeness (QED) is 0.491. The second-order valence-corrected chi connectivity index (χ2v) is 5.88. The number of furan rings is 1. The lowest BCUT2D eigenvalue weighted by atomic mass is 10.0. The van der Waals surface area contributed by atoms with E-state index in [9.17, 15) is 9.59 Å². The van der Waals surface area contributed by atoms with Crippen LogP contribution in [0.25, 0.3) is 22.3 Å². The minimum atomic E-state index is -0.519. The highest BCUT2D eigenvalue weighted by molar-refractivity contribution is 6.30. The number of carbonyl (C=O) groups excluding carboxylic acids is 1. The fraction of sp³-hybridized carbons (Fsp3) is 0. The molecule has 0 bridgehead atoms. The predicted molar refractivity (Wildman–Crippen MR) is 95.1 cm³/mol. The molecular formula is C20H11ClO4. The molecule has 0 N–H and O–H groups in total. The van der Waals surface area contributed by atoms with Crippen LogP contribution in [0.1, 0.15) is 16.1 Å². The molecule has 0 aliphatic carbocycles. The minimum Gasteiger partial charge on any atom is -0.461 e. The van der Waals surface area contributed by atoms with Crippen molar-refractivity contribution in [2.45, 2.75) is 0 Å². The lowest BCUT2D eigenvalue weighted by molar-refractivity contribution is 0.101. The van der Waals surface area contributed by atoms with Crippen molar-refractivity contribution in [3.63, 3.8) is 0 Å². The van der Waals surface area contributed by atoms with E-state index in [0.717, 1.165) is 0 Å². The van der Waals surface area contributed by atoms with E-state index in [1.807, 2.05) is 0 Å². The largest absolute Gasteiger partial charge is 0.461 e. The fourth-order valence-corrected chi connectivity index (χ4v) is 2.81. The minimum absolute atomic E-state index is 0.0593. The normalized spacial score (nSPS) is 10.9. The monoisotopic (exact) mass is 350 g/mol. The highest BCUT2D eigenvalue weighted by atomic mass is 35.5. The van der Waals surface area contributed by atoms with Gasteiger partial charge in [0.15, 0.2) is 5.76 Å². The Morgan fingerprint density at radius 2 is 1.68 bits per heavy atom. The predicted octanol–water partition coefficient (Wildman–Crippen LogP) is 4.94. The molecule has 0 radical (unpaired) electrons. The van der Waals surface area contributed by atoms with Gasteiger partial charge in [-0.05, 0) is 48.5 Å². The molecule has 0 spiro atoms. The van der Waals surface area contributed by atoms with Crippen molar-refractivity contribution >= 4 is 28.4 Å². The molecule has 0 aliphatic heterocycles. The highest BCUT2D eigenvalue weighted by Gasteiger charge is 2.24. The summed E-state index contributed by atoms with van der Waals surface area (Å²) in [6.07, 6.45) is 1.39. The van der Waals surface area contributed by atoms with E-state index >= 15 is 0 Å². The maximum atomic E-state index is 13.0. The lowest BCUT2D eigenvalue weighted by Gasteiger charge is -2.09. The Morgan fingerprint density at radius 3 is 2.40 bits per heavy atom. The molecule has 2 aromatic carbocycles.